The first-order valence-corrected chi connectivity index (χ1v) is 7.79. The van der Waals surface area contributed by atoms with E-state index in [1.807, 2.05) is 18.2 Å². The number of nitrogens with one attached hydrogen (secondary N) is 2. The summed E-state index contributed by atoms with van der Waals surface area (Å²) < 4.78 is 0.903. The molecule has 0 spiro atoms. The molecule has 4 rings (SSSR count). The van der Waals surface area contributed by atoms with Crippen LogP contribution in [-0.2, 0) is 16.1 Å². The summed E-state index contributed by atoms with van der Waals surface area (Å²) in [6.07, 6.45) is 0.642. The molecule has 7 heteroatoms. The Bertz CT molecular complexity index is 842. The summed E-state index contributed by atoms with van der Waals surface area (Å²) in [7, 11) is 0. The van der Waals surface area contributed by atoms with Gasteiger partial charge in [0, 0.05) is 28.4 Å². The monoisotopic (exact) mass is 361 g/mol. The minimum absolute atomic E-state index is 0.187. The van der Waals surface area contributed by atoms with Crippen molar-refractivity contribution in [3.8, 4) is 0 Å². The first-order chi connectivity index (χ1) is 10.6. The smallest absolute Gasteiger partial charge is 0.271 e. The highest BCUT2D eigenvalue weighted by atomic mass is 79.9. The van der Waals surface area contributed by atoms with Gasteiger partial charge in [0.15, 0.2) is 0 Å². The minimum atomic E-state index is -0.576. The summed E-state index contributed by atoms with van der Waals surface area (Å²) in [4.78, 5) is 40.5. The molecule has 0 unspecified atom stereocenters. The molecule has 0 bridgehead atoms. The van der Waals surface area contributed by atoms with E-state index in [4.69, 9.17) is 0 Å². The molecule has 6 nitrogen and oxygen atoms in total. The third-order valence-corrected chi connectivity index (χ3v) is 4.94. The number of nitrogens with zero attached hydrogens (tertiary/aromatic N) is 1. The second-order valence-electron chi connectivity index (χ2n) is 5.54. The number of amides is 3. The van der Waals surface area contributed by atoms with E-state index in [0.717, 1.165) is 20.9 Å². The number of para-hydroxylation sites is 1. The SMILES string of the molecule is O=C1CC[C@H](N2Cc3c([nH]c4c(Br)cccc34)C2=O)C(=O)N1. The van der Waals surface area contributed by atoms with Crippen molar-refractivity contribution in [2.75, 3.05) is 0 Å². The number of aromatic nitrogens is 1. The maximum absolute atomic E-state index is 12.6. The van der Waals surface area contributed by atoms with Crippen molar-refractivity contribution in [2.45, 2.75) is 25.4 Å². The second kappa shape index (κ2) is 4.67. The van der Waals surface area contributed by atoms with E-state index in [-0.39, 0.29) is 24.1 Å². The number of rotatable bonds is 1. The molecule has 2 aliphatic heterocycles. The van der Waals surface area contributed by atoms with Gasteiger partial charge in [0.2, 0.25) is 11.8 Å². The van der Waals surface area contributed by atoms with Crippen LogP contribution in [0.2, 0.25) is 0 Å². The number of halogens is 1. The normalized spacial score (nSPS) is 21.4. The lowest BCUT2D eigenvalue weighted by Gasteiger charge is -2.29. The van der Waals surface area contributed by atoms with E-state index in [2.05, 4.69) is 26.2 Å². The van der Waals surface area contributed by atoms with Crippen LogP contribution in [0, 0.1) is 0 Å². The zero-order valence-corrected chi connectivity index (χ0v) is 13.1. The number of hydrogen-bond donors (Lipinski definition) is 2. The molecule has 2 aliphatic rings. The van der Waals surface area contributed by atoms with Crippen molar-refractivity contribution in [1.82, 2.24) is 15.2 Å². The largest absolute Gasteiger partial charge is 0.349 e. The van der Waals surface area contributed by atoms with Gasteiger partial charge >= 0.3 is 0 Å². The van der Waals surface area contributed by atoms with Gasteiger partial charge in [-0.25, -0.2) is 0 Å². The van der Waals surface area contributed by atoms with Gasteiger partial charge < -0.3 is 9.88 Å². The molecule has 2 aromatic rings. The van der Waals surface area contributed by atoms with E-state index in [9.17, 15) is 14.4 Å². The number of carbonyl (C=O) groups is 3. The molecule has 2 N–H and O–H groups in total. The van der Waals surface area contributed by atoms with Crippen molar-refractivity contribution in [3.05, 3.63) is 33.9 Å². The molecule has 0 aliphatic carbocycles. The quantitative estimate of drug-likeness (QED) is 0.758. The first kappa shape index (κ1) is 13.5. The predicted octanol–water partition coefficient (Wildman–Crippen LogP) is 1.69. The number of imide groups is 1. The van der Waals surface area contributed by atoms with Crippen LogP contribution in [0.5, 0.6) is 0 Å². The number of H-pyrrole nitrogens is 1. The Morgan fingerprint density at radius 1 is 1.23 bits per heavy atom. The van der Waals surface area contributed by atoms with Crippen LogP contribution in [-0.4, -0.2) is 33.6 Å². The maximum Gasteiger partial charge on any atom is 0.271 e. The molecule has 1 aromatic carbocycles. The number of benzene rings is 1. The lowest BCUT2D eigenvalue weighted by Crippen LogP contribution is -2.52. The van der Waals surface area contributed by atoms with E-state index < -0.39 is 6.04 Å². The number of hydrogen-bond acceptors (Lipinski definition) is 3. The van der Waals surface area contributed by atoms with Crippen molar-refractivity contribution < 1.29 is 14.4 Å². The average Bonchev–Trinajstić information content (AvgIpc) is 2.99. The molecule has 3 amide bonds. The number of carbonyl (C=O) groups excluding carboxylic acids is 3. The van der Waals surface area contributed by atoms with Crippen molar-refractivity contribution in [1.29, 1.82) is 0 Å². The summed E-state index contributed by atoms with van der Waals surface area (Å²) in [5.74, 6) is -0.853. The summed E-state index contributed by atoms with van der Waals surface area (Å²) in [5.41, 5.74) is 2.33. The van der Waals surface area contributed by atoms with Gasteiger partial charge in [-0.1, -0.05) is 12.1 Å². The molecule has 1 atom stereocenters. The fourth-order valence-electron chi connectivity index (χ4n) is 3.20. The molecule has 1 saturated heterocycles. The highest BCUT2D eigenvalue weighted by Crippen LogP contribution is 2.35. The zero-order valence-electron chi connectivity index (χ0n) is 11.5. The molecular weight excluding hydrogens is 350 g/mol. The highest BCUT2D eigenvalue weighted by Gasteiger charge is 2.40. The van der Waals surface area contributed by atoms with Gasteiger partial charge in [0.25, 0.3) is 5.91 Å². The Kier molecular flexibility index (Phi) is 2.87. The van der Waals surface area contributed by atoms with Gasteiger partial charge in [-0.15, -0.1) is 0 Å². The van der Waals surface area contributed by atoms with Gasteiger partial charge in [-0.3, -0.25) is 19.7 Å². The van der Waals surface area contributed by atoms with Crippen LogP contribution < -0.4 is 5.32 Å². The van der Waals surface area contributed by atoms with Crippen molar-refractivity contribution in [3.63, 3.8) is 0 Å². The molecule has 112 valence electrons. The Labute approximate surface area is 134 Å². The average molecular weight is 362 g/mol. The predicted molar refractivity (Wildman–Crippen MR) is 82.0 cm³/mol. The Balaban J connectivity index is 1.72. The fraction of sp³-hybridized carbons (Fsp3) is 0.267. The first-order valence-electron chi connectivity index (χ1n) is 7.00. The van der Waals surface area contributed by atoms with Crippen LogP contribution in [0.4, 0.5) is 0 Å². The van der Waals surface area contributed by atoms with Crippen molar-refractivity contribution >= 4 is 44.6 Å². The number of fused-ring (bicyclic) bond motifs is 3. The zero-order chi connectivity index (χ0) is 15.4. The summed E-state index contributed by atoms with van der Waals surface area (Å²) >= 11 is 3.47. The third kappa shape index (κ3) is 1.81. The van der Waals surface area contributed by atoms with Crippen LogP contribution in [0.15, 0.2) is 22.7 Å². The molecule has 1 aromatic heterocycles. The second-order valence-corrected chi connectivity index (χ2v) is 6.40. The fourth-order valence-corrected chi connectivity index (χ4v) is 3.67. The van der Waals surface area contributed by atoms with E-state index in [1.54, 1.807) is 4.90 Å². The Morgan fingerprint density at radius 3 is 2.82 bits per heavy atom. The summed E-state index contributed by atoms with van der Waals surface area (Å²) in [5, 5.41) is 3.28. The third-order valence-electron chi connectivity index (χ3n) is 4.28. The van der Waals surface area contributed by atoms with Crippen LogP contribution in [0.3, 0.4) is 0 Å². The number of aromatic amines is 1. The standard InChI is InChI=1S/C15H12BrN3O3/c16-9-3-1-2-7-8-6-19(15(22)13(8)18-12(7)9)10-4-5-11(20)17-14(10)21/h1-3,10,18H,4-6H2,(H,17,20,21)/t10-/m0/s1. The van der Waals surface area contributed by atoms with Crippen molar-refractivity contribution in [2.24, 2.45) is 0 Å². The van der Waals surface area contributed by atoms with Gasteiger partial charge in [0.1, 0.15) is 11.7 Å². The van der Waals surface area contributed by atoms with Crippen LogP contribution in [0.1, 0.15) is 28.9 Å². The molecule has 1 fully saturated rings. The molecule has 3 heterocycles. The van der Waals surface area contributed by atoms with Crippen LogP contribution in [0.25, 0.3) is 10.9 Å². The molecule has 0 radical (unpaired) electrons. The summed E-state index contributed by atoms with van der Waals surface area (Å²) in [6, 6.07) is 5.21. The Hall–Kier alpha value is -2.15. The van der Waals surface area contributed by atoms with Gasteiger partial charge in [0.05, 0.1) is 5.52 Å². The lowest BCUT2D eigenvalue weighted by atomic mass is 10.0. The van der Waals surface area contributed by atoms with E-state index in [1.165, 1.54) is 0 Å². The molecule has 0 saturated carbocycles. The Morgan fingerprint density at radius 2 is 2.05 bits per heavy atom. The maximum atomic E-state index is 12.6. The highest BCUT2D eigenvalue weighted by molar-refractivity contribution is 9.10. The van der Waals surface area contributed by atoms with E-state index in [0.29, 0.717) is 18.7 Å². The molecular formula is C15H12BrN3O3. The van der Waals surface area contributed by atoms with Gasteiger partial charge in [-0.05, 0) is 28.4 Å². The van der Waals surface area contributed by atoms with E-state index >= 15 is 0 Å². The van der Waals surface area contributed by atoms with Crippen LogP contribution >= 0.6 is 15.9 Å². The number of piperidine rings is 1. The topological polar surface area (TPSA) is 82.3 Å². The lowest BCUT2D eigenvalue weighted by molar-refractivity contribution is -0.136. The van der Waals surface area contributed by atoms with Gasteiger partial charge in [-0.2, -0.15) is 0 Å². The molecule has 22 heavy (non-hydrogen) atoms. The summed E-state index contributed by atoms with van der Waals surface area (Å²) in [6.45, 7) is 0.386. The minimum Gasteiger partial charge on any atom is -0.349 e.